The number of aromatic nitrogens is 4. The van der Waals surface area contributed by atoms with Gasteiger partial charge in [-0.1, -0.05) is 200 Å². The molecule has 0 saturated heterocycles. The third kappa shape index (κ3) is 7.17. The molecule has 2 aliphatic rings. The fourth-order valence-electron chi connectivity index (χ4n) is 15.6. The molecule has 0 unspecified atom stereocenters. The summed E-state index contributed by atoms with van der Waals surface area (Å²) in [5.74, 6) is 1.30. The third-order valence-corrected chi connectivity index (χ3v) is 24.3. The first-order chi connectivity index (χ1) is 46.6. The lowest BCUT2D eigenvalue weighted by atomic mass is 9.86. The molecule has 20 aromatic rings. The molecule has 2 aliphatic heterocycles. The first-order valence-electron chi connectivity index (χ1n) is 31.6. The second-order valence-electron chi connectivity index (χ2n) is 24.7. The molecule has 0 N–H and O–H groups in total. The van der Waals surface area contributed by atoms with Crippen LogP contribution in [0, 0.1) is 0 Å². The molecular weight excluding hydrogens is 1220 g/mol. The molecule has 6 nitrogen and oxygen atoms in total. The van der Waals surface area contributed by atoms with Crippen LogP contribution in [0.5, 0.6) is 0 Å². The van der Waals surface area contributed by atoms with E-state index in [2.05, 4.69) is 277 Å². The Morgan fingerprint density at radius 1 is 0.245 bits per heavy atom. The highest BCUT2D eigenvalue weighted by molar-refractivity contribution is 7.27. The Bertz CT molecular complexity index is 6790. The number of hydrogen-bond acceptors (Lipinski definition) is 10. The van der Waals surface area contributed by atoms with Gasteiger partial charge in [-0.2, -0.15) is 0 Å². The quantitative estimate of drug-likeness (QED) is 0.171. The topological polar surface area (TPSA) is 58.0 Å². The van der Waals surface area contributed by atoms with Gasteiger partial charge in [0, 0.05) is 104 Å². The predicted molar refractivity (Wildman–Crippen MR) is 403 cm³/mol. The molecule has 10 heteroatoms. The van der Waals surface area contributed by atoms with Gasteiger partial charge >= 0.3 is 0 Å². The van der Waals surface area contributed by atoms with Crippen molar-refractivity contribution in [2.45, 2.75) is 0 Å². The van der Waals surface area contributed by atoms with Crippen LogP contribution in [0.3, 0.4) is 0 Å². The fourth-order valence-corrected chi connectivity index (χ4v) is 20.2. The molecule has 94 heavy (non-hydrogen) atoms. The maximum atomic E-state index is 5.86. The van der Waals surface area contributed by atoms with Crippen molar-refractivity contribution in [3.63, 3.8) is 0 Å². The van der Waals surface area contributed by atoms with Crippen LogP contribution in [0.2, 0.25) is 0 Å². The monoisotopic (exact) mass is 1260 g/mol. The molecule has 0 radical (unpaired) electrons. The molecule has 0 spiro atoms. The van der Waals surface area contributed by atoms with Crippen molar-refractivity contribution in [3.8, 4) is 55.9 Å². The van der Waals surface area contributed by atoms with Gasteiger partial charge in [0.15, 0.2) is 0 Å². The van der Waals surface area contributed by atoms with Crippen LogP contribution in [0.25, 0.3) is 180 Å². The van der Waals surface area contributed by atoms with E-state index in [1.165, 1.54) is 88.0 Å². The Hall–Kier alpha value is -11.2. The van der Waals surface area contributed by atoms with Gasteiger partial charge in [-0.25, -0.2) is 19.9 Å². The minimum absolute atomic E-state index is 0.649. The first-order valence-corrected chi connectivity index (χ1v) is 34.8. The van der Waals surface area contributed by atoms with Crippen LogP contribution < -0.4 is 9.80 Å². The number of fused-ring (bicyclic) bond motifs is 20. The zero-order chi connectivity index (χ0) is 61.0. The summed E-state index contributed by atoms with van der Waals surface area (Å²) in [7, 11) is 0. The minimum Gasteiger partial charge on any atom is -0.277 e. The van der Waals surface area contributed by atoms with Gasteiger partial charge in [-0.3, -0.25) is 9.80 Å². The molecule has 0 fully saturated rings. The van der Waals surface area contributed by atoms with Gasteiger partial charge < -0.3 is 0 Å². The van der Waals surface area contributed by atoms with Gasteiger partial charge in [0.05, 0.1) is 54.6 Å². The van der Waals surface area contributed by atoms with E-state index in [1.54, 1.807) is 22.7 Å². The SMILES string of the molecule is c1ccc2c3c(ccc2c1)-c1cc(-c2ccc4c(c2)sc2cccc(-c5nc(N6c7c(ccc8ccccc78)-c7cccc8cccc6c78)nc6c5sc5ccccc56)c24)cc2cccc(c12)N3c1nc(-c2ccc3sc4ccccc4c3c2)c2sc3ccccc3c2n1. The average molecular weight is 1270 g/mol. The molecule has 434 valence electrons. The summed E-state index contributed by atoms with van der Waals surface area (Å²) in [5.41, 5.74) is 17.3. The minimum atomic E-state index is 0.649. The Kier molecular flexibility index (Phi) is 10.5. The van der Waals surface area contributed by atoms with Gasteiger partial charge in [-0.15, -0.1) is 45.3 Å². The van der Waals surface area contributed by atoms with Gasteiger partial charge in [0.25, 0.3) is 0 Å². The maximum Gasteiger partial charge on any atom is 0.235 e. The average Bonchev–Trinajstić information content (AvgIpc) is 0.737. The summed E-state index contributed by atoms with van der Waals surface area (Å²) < 4.78 is 9.53. The second-order valence-corrected chi connectivity index (χ2v) is 29.0. The molecule has 6 aromatic heterocycles. The molecule has 0 amide bonds. The fraction of sp³-hybridized carbons (Fsp3) is 0. The molecule has 14 aromatic carbocycles. The highest BCUT2D eigenvalue weighted by Crippen LogP contribution is 2.57. The Morgan fingerprint density at radius 3 is 1.46 bits per heavy atom. The van der Waals surface area contributed by atoms with E-state index in [4.69, 9.17) is 19.9 Å². The Morgan fingerprint density at radius 2 is 0.755 bits per heavy atom. The first kappa shape index (κ1) is 51.4. The summed E-state index contributed by atoms with van der Waals surface area (Å²) in [6, 6.07) is 98.4. The van der Waals surface area contributed by atoms with Crippen molar-refractivity contribution in [1.82, 2.24) is 19.9 Å². The van der Waals surface area contributed by atoms with Gasteiger partial charge in [-0.05, 0) is 111 Å². The van der Waals surface area contributed by atoms with E-state index >= 15 is 0 Å². The molecular formula is C84H44N6S4. The largest absolute Gasteiger partial charge is 0.277 e. The lowest BCUT2D eigenvalue weighted by molar-refractivity contribution is 1.12. The molecule has 22 rings (SSSR count). The Balaban J connectivity index is 0.726. The molecule has 0 aliphatic carbocycles. The summed E-state index contributed by atoms with van der Waals surface area (Å²) in [6.07, 6.45) is 0. The number of nitrogens with zero attached hydrogens (tertiary/aromatic N) is 6. The molecule has 8 heterocycles. The van der Waals surface area contributed by atoms with E-state index in [1.807, 2.05) is 22.7 Å². The molecule has 0 bridgehead atoms. The summed E-state index contributed by atoms with van der Waals surface area (Å²) in [4.78, 5) is 27.7. The Labute approximate surface area is 552 Å². The summed E-state index contributed by atoms with van der Waals surface area (Å²) >= 11 is 7.25. The lowest BCUT2D eigenvalue weighted by Gasteiger charge is -2.33. The highest BCUT2D eigenvalue weighted by atomic mass is 32.1. The van der Waals surface area contributed by atoms with Crippen LogP contribution >= 0.6 is 45.3 Å². The van der Waals surface area contributed by atoms with Crippen LogP contribution in [0.1, 0.15) is 0 Å². The third-order valence-electron chi connectivity index (χ3n) is 19.7. The maximum absolute atomic E-state index is 5.86. The van der Waals surface area contributed by atoms with E-state index < -0.39 is 0 Å². The van der Waals surface area contributed by atoms with Crippen LogP contribution in [-0.2, 0) is 0 Å². The van der Waals surface area contributed by atoms with Gasteiger partial charge in [0.2, 0.25) is 11.9 Å². The second kappa shape index (κ2) is 19.2. The number of benzene rings is 14. The highest BCUT2D eigenvalue weighted by Gasteiger charge is 2.34. The van der Waals surface area contributed by atoms with Crippen LogP contribution in [0.15, 0.2) is 267 Å². The number of thiophene rings is 4. The zero-order valence-corrected chi connectivity index (χ0v) is 53.0. The summed E-state index contributed by atoms with van der Waals surface area (Å²) in [6.45, 7) is 0. The molecule has 0 atom stereocenters. The van der Waals surface area contributed by atoms with Crippen molar-refractivity contribution in [1.29, 1.82) is 0 Å². The summed E-state index contributed by atoms with van der Waals surface area (Å²) in [5, 5.41) is 16.5. The lowest BCUT2D eigenvalue weighted by Crippen LogP contribution is -2.18. The van der Waals surface area contributed by atoms with Crippen molar-refractivity contribution in [3.05, 3.63) is 267 Å². The van der Waals surface area contributed by atoms with Crippen molar-refractivity contribution >= 4 is 204 Å². The van der Waals surface area contributed by atoms with Crippen molar-refractivity contribution in [2.24, 2.45) is 0 Å². The predicted octanol–water partition coefficient (Wildman–Crippen LogP) is 25.3. The van der Waals surface area contributed by atoms with E-state index in [-0.39, 0.29) is 0 Å². The van der Waals surface area contributed by atoms with E-state index in [0.29, 0.717) is 11.9 Å². The smallest absolute Gasteiger partial charge is 0.235 e. The van der Waals surface area contributed by atoms with Crippen molar-refractivity contribution < 1.29 is 0 Å². The van der Waals surface area contributed by atoms with Gasteiger partial charge in [0.1, 0.15) is 0 Å². The normalized spacial score (nSPS) is 12.9. The standard InChI is InChI=1S/C84H44N6S4/c1-3-20-52-45(15-1)33-37-56-55-25-11-17-47-18-12-27-64(72(47)55)89(79(52)56)84-87-77-60-24-7-10-31-68(60)94-82(77)78(88-84)61-26-14-32-70-74(61)58-39-35-48(44-71(58)92-70)51-41-49-19-13-28-65-73(49)63(43-51)57-38-34-46-16-2-4-21-53(46)80(57)90(65)83-85-75(81-76(86-83)59-23-6-9-30-67(59)93-81)50-36-40-69-62(42-50)54-22-5-8-29-66(54)91-69/h1-44H. The van der Waals surface area contributed by atoms with E-state index in [9.17, 15) is 0 Å². The molecule has 0 saturated carbocycles. The van der Waals surface area contributed by atoms with Crippen molar-refractivity contribution in [2.75, 3.05) is 9.80 Å². The van der Waals surface area contributed by atoms with Crippen LogP contribution in [0.4, 0.5) is 34.6 Å². The van der Waals surface area contributed by atoms with E-state index in [0.717, 1.165) is 115 Å². The zero-order valence-electron chi connectivity index (χ0n) is 49.7. The van der Waals surface area contributed by atoms with Crippen LogP contribution in [-0.4, -0.2) is 19.9 Å². The number of anilines is 6. The number of hydrogen-bond donors (Lipinski definition) is 0. The number of rotatable bonds is 5.